The first-order valence-corrected chi connectivity index (χ1v) is 4.97. The summed E-state index contributed by atoms with van der Waals surface area (Å²) in [5, 5.41) is 4.15. The number of hydrogen-bond acceptors (Lipinski definition) is 2. The maximum Gasteiger partial charge on any atom is 0.219 e. The molecule has 1 heterocycles. The van der Waals surface area contributed by atoms with Gasteiger partial charge >= 0.3 is 0 Å². The molecule has 0 spiro atoms. The van der Waals surface area contributed by atoms with Crippen molar-refractivity contribution in [3.8, 4) is 5.88 Å². The van der Waals surface area contributed by atoms with Gasteiger partial charge in [-0.3, -0.25) is 0 Å². The lowest BCUT2D eigenvalue weighted by molar-refractivity contribution is 0.282. The molecular formula is C11H18N2O. The predicted octanol–water partition coefficient (Wildman–Crippen LogP) is 2.63. The lowest BCUT2D eigenvalue weighted by atomic mass is 10.2. The van der Waals surface area contributed by atoms with E-state index in [4.69, 9.17) is 4.74 Å². The number of allylic oxidation sites excluding steroid dienone is 1. The standard InChI is InChI=1S/C11H18N2O/c1-5-6-7-14-11-10(9(2)3)8-12-13(11)4/h8H,2,5-7H2,1,3-4H3. The minimum absolute atomic E-state index is 0.746. The zero-order valence-corrected chi connectivity index (χ0v) is 9.21. The second-order valence-electron chi connectivity index (χ2n) is 3.47. The van der Waals surface area contributed by atoms with E-state index in [-0.39, 0.29) is 0 Å². The lowest BCUT2D eigenvalue weighted by Crippen LogP contribution is -2.03. The minimum Gasteiger partial charge on any atom is -0.477 e. The van der Waals surface area contributed by atoms with Gasteiger partial charge in [-0.15, -0.1) is 0 Å². The van der Waals surface area contributed by atoms with Crippen LogP contribution in [0.1, 0.15) is 32.3 Å². The van der Waals surface area contributed by atoms with Crippen LogP contribution in [0.2, 0.25) is 0 Å². The molecule has 0 saturated carbocycles. The first kappa shape index (κ1) is 10.8. The van der Waals surface area contributed by atoms with Gasteiger partial charge in [0.1, 0.15) is 0 Å². The van der Waals surface area contributed by atoms with E-state index < -0.39 is 0 Å². The van der Waals surface area contributed by atoms with Gasteiger partial charge in [0.2, 0.25) is 5.88 Å². The molecule has 0 atom stereocenters. The molecule has 14 heavy (non-hydrogen) atoms. The van der Waals surface area contributed by atoms with E-state index in [1.54, 1.807) is 10.9 Å². The molecule has 3 nitrogen and oxygen atoms in total. The minimum atomic E-state index is 0.746. The van der Waals surface area contributed by atoms with Gasteiger partial charge in [-0.1, -0.05) is 19.9 Å². The Bertz CT molecular complexity index is 315. The fraction of sp³-hybridized carbons (Fsp3) is 0.545. The summed E-state index contributed by atoms with van der Waals surface area (Å²) in [6, 6.07) is 0. The number of ether oxygens (including phenoxy) is 1. The molecule has 3 heteroatoms. The Hall–Kier alpha value is -1.25. The van der Waals surface area contributed by atoms with Crippen molar-refractivity contribution < 1.29 is 4.74 Å². The summed E-state index contributed by atoms with van der Waals surface area (Å²) < 4.78 is 7.40. The molecule has 1 aromatic rings. The third kappa shape index (κ3) is 2.37. The average molecular weight is 194 g/mol. The van der Waals surface area contributed by atoms with Crippen LogP contribution in [0.3, 0.4) is 0 Å². The van der Waals surface area contributed by atoms with E-state index in [9.17, 15) is 0 Å². The van der Waals surface area contributed by atoms with Crippen molar-refractivity contribution >= 4 is 5.57 Å². The Morgan fingerprint density at radius 1 is 1.64 bits per heavy atom. The van der Waals surface area contributed by atoms with Crippen molar-refractivity contribution in [2.45, 2.75) is 26.7 Å². The number of aromatic nitrogens is 2. The molecule has 0 saturated heterocycles. The normalized spacial score (nSPS) is 10.2. The van der Waals surface area contributed by atoms with Crippen LogP contribution in [0.5, 0.6) is 5.88 Å². The van der Waals surface area contributed by atoms with E-state index in [0.29, 0.717) is 0 Å². The molecule has 0 N–H and O–H groups in total. The van der Waals surface area contributed by atoms with Gasteiger partial charge in [0.15, 0.2) is 0 Å². The molecule has 1 aromatic heterocycles. The highest BCUT2D eigenvalue weighted by Crippen LogP contribution is 2.23. The maximum atomic E-state index is 5.65. The van der Waals surface area contributed by atoms with E-state index >= 15 is 0 Å². The van der Waals surface area contributed by atoms with Crippen molar-refractivity contribution in [2.24, 2.45) is 7.05 Å². The second kappa shape index (κ2) is 4.84. The van der Waals surface area contributed by atoms with E-state index in [1.807, 2.05) is 14.0 Å². The lowest BCUT2D eigenvalue weighted by Gasteiger charge is -2.07. The summed E-state index contributed by atoms with van der Waals surface area (Å²) in [6.45, 7) is 8.75. The Labute approximate surface area is 85.4 Å². The van der Waals surface area contributed by atoms with E-state index in [2.05, 4.69) is 18.6 Å². The summed E-state index contributed by atoms with van der Waals surface area (Å²) in [7, 11) is 1.88. The third-order valence-electron chi connectivity index (χ3n) is 2.08. The monoisotopic (exact) mass is 194 g/mol. The molecule has 1 rings (SSSR count). The number of nitrogens with zero attached hydrogens (tertiary/aromatic N) is 2. The molecule has 0 aromatic carbocycles. The molecule has 0 aliphatic rings. The molecule has 0 aliphatic heterocycles. The summed E-state index contributed by atoms with van der Waals surface area (Å²) in [5.74, 6) is 0.825. The Morgan fingerprint density at radius 2 is 2.36 bits per heavy atom. The van der Waals surface area contributed by atoms with Crippen LogP contribution in [0.25, 0.3) is 5.57 Å². The number of rotatable bonds is 5. The van der Waals surface area contributed by atoms with E-state index in [1.165, 1.54) is 0 Å². The van der Waals surface area contributed by atoms with Crippen LogP contribution in [-0.4, -0.2) is 16.4 Å². The highest BCUT2D eigenvalue weighted by molar-refractivity contribution is 5.64. The van der Waals surface area contributed by atoms with Crippen LogP contribution >= 0.6 is 0 Å². The Kier molecular flexibility index (Phi) is 3.74. The van der Waals surface area contributed by atoms with Crippen molar-refractivity contribution in [3.63, 3.8) is 0 Å². The van der Waals surface area contributed by atoms with Crippen LogP contribution in [0.15, 0.2) is 12.8 Å². The zero-order chi connectivity index (χ0) is 10.6. The predicted molar refractivity (Wildman–Crippen MR) is 58.3 cm³/mol. The quantitative estimate of drug-likeness (QED) is 0.674. The smallest absolute Gasteiger partial charge is 0.219 e. The van der Waals surface area contributed by atoms with Crippen molar-refractivity contribution in [3.05, 3.63) is 18.3 Å². The first-order chi connectivity index (χ1) is 6.66. The number of hydrogen-bond donors (Lipinski definition) is 0. The summed E-state index contributed by atoms with van der Waals surface area (Å²) >= 11 is 0. The third-order valence-corrected chi connectivity index (χ3v) is 2.08. The fourth-order valence-corrected chi connectivity index (χ4v) is 1.20. The molecule has 0 unspecified atom stereocenters. The maximum absolute atomic E-state index is 5.65. The van der Waals surface area contributed by atoms with Gasteiger partial charge in [-0.2, -0.15) is 5.10 Å². The largest absolute Gasteiger partial charge is 0.477 e. The summed E-state index contributed by atoms with van der Waals surface area (Å²) in [4.78, 5) is 0. The van der Waals surface area contributed by atoms with Crippen LogP contribution in [0.4, 0.5) is 0 Å². The van der Waals surface area contributed by atoms with Gasteiger partial charge in [-0.25, -0.2) is 4.68 Å². The zero-order valence-electron chi connectivity index (χ0n) is 9.21. The van der Waals surface area contributed by atoms with Gasteiger partial charge in [0.05, 0.1) is 18.4 Å². The van der Waals surface area contributed by atoms with Gasteiger partial charge < -0.3 is 4.74 Å². The summed E-state index contributed by atoms with van der Waals surface area (Å²) in [6.07, 6.45) is 4.00. The highest BCUT2D eigenvalue weighted by atomic mass is 16.5. The first-order valence-electron chi connectivity index (χ1n) is 4.97. The van der Waals surface area contributed by atoms with Crippen LogP contribution in [-0.2, 0) is 7.05 Å². The number of aryl methyl sites for hydroxylation is 1. The van der Waals surface area contributed by atoms with Gasteiger partial charge in [-0.05, 0) is 18.9 Å². The van der Waals surface area contributed by atoms with Gasteiger partial charge in [0, 0.05) is 7.05 Å². The SMILES string of the molecule is C=C(C)c1cnn(C)c1OCCCC. The second-order valence-corrected chi connectivity index (χ2v) is 3.47. The van der Waals surface area contributed by atoms with Crippen LogP contribution in [0, 0.1) is 0 Å². The molecule has 0 amide bonds. The molecule has 0 aliphatic carbocycles. The van der Waals surface area contributed by atoms with Gasteiger partial charge in [0.25, 0.3) is 0 Å². The molecular weight excluding hydrogens is 176 g/mol. The molecule has 0 bridgehead atoms. The Morgan fingerprint density at radius 3 is 2.93 bits per heavy atom. The fourth-order valence-electron chi connectivity index (χ4n) is 1.20. The topological polar surface area (TPSA) is 27.1 Å². The molecule has 0 fully saturated rings. The average Bonchev–Trinajstić information content (AvgIpc) is 2.48. The Balaban J connectivity index is 2.72. The van der Waals surface area contributed by atoms with E-state index in [0.717, 1.165) is 36.5 Å². The number of unbranched alkanes of at least 4 members (excludes halogenated alkanes) is 1. The molecule has 0 radical (unpaired) electrons. The summed E-state index contributed by atoms with van der Waals surface area (Å²) in [5.41, 5.74) is 1.99. The highest BCUT2D eigenvalue weighted by Gasteiger charge is 2.09. The van der Waals surface area contributed by atoms with Crippen molar-refractivity contribution in [2.75, 3.05) is 6.61 Å². The molecule has 78 valence electrons. The van der Waals surface area contributed by atoms with Crippen LogP contribution < -0.4 is 4.74 Å². The van der Waals surface area contributed by atoms with Crippen molar-refractivity contribution in [1.82, 2.24) is 9.78 Å². The van der Waals surface area contributed by atoms with Crippen molar-refractivity contribution in [1.29, 1.82) is 0 Å².